The quantitative estimate of drug-likeness (QED) is 0.622. The van der Waals surface area contributed by atoms with Gasteiger partial charge in [0.05, 0.1) is 0 Å². The predicted molar refractivity (Wildman–Crippen MR) is 53.1 cm³/mol. The number of rotatable bonds is 3. The lowest BCUT2D eigenvalue weighted by molar-refractivity contribution is -0.117. The van der Waals surface area contributed by atoms with Gasteiger partial charge < -0.3 is 10.6 Å². The smallest absolute Gasteiger partial charge is 0.243 e. The number of nitrogens with one attached hydrogen (secondary N) is 2. The Morgan fingerprint density at radius 3 is 2.25 bits per heavy atom. The first-order chi connectivity index (χ1) is 5.62. The summed E-state index contributed by atoms with van der Waals surface area (Å²) in [5.74, 6) is -0.0932. The van der Waals surface area contributed by atoms with Gasteiger partial charge in [0.1, 0.15) is 0 Å². The van der Waals surface area contributed by atoms with Gasteiger partial charge >= 0.3 is 0 Å². The van der Waals surface area contributed by atoms with Crippen LogP contribution in [-0.4, -0.2) is 26.0 Å². The van der Waals surface area contributed by atoms with Gasteiger partial charge in [-0.25, -0.2) is 0 Å². The summed E-state index contributed by atoms with van der Waals surface area (Å²) < 4.78 is 0. The minimum atomic E-state index is -0.0932. The molecule has 12 heavy (non-hydrogen) atoms. The van der Waals surface area contributed by atoms with Crippen molar-refractivity contribution in [3.05, 3.63) is 12.7 Å². The lowest BCUT2D eigenvalue weighted by atomic mass is 10.2. The summed E-state index contributed by atoms with van der Waals surface area (Å²) in [7, 11) is 3.75. The largest absolute Gasteiger partial charge is 0.350 e. The molecule has 0 aliphatic rings. The van der Waals surface area contributed by atoms with E-state index in [2.05, 4.69) is 17.2 Å². The van der Waals surface area contributed by atoms with Crippen molar-refractivity contribution >= 4 is 5.91 Å². The molecule has 2 N–H and O–H groups in total. The minimum absolute atomic E-state index is 0.0932. The van der Waals surface area contributed by atoms with E-state index in [0.717, 1.165) is 6.42 Å². The second kappa shape index (κ2) is 10.2. The van der Waals surface area contributed by atoms with Gasteiger partial charge in [-0.1, -0.05) is 13.5 Å². The van der Waals surface area contributed by atoms with Crippen molar-refractivity contribution in [1.29, 1.82) is 0 Å². The third-order valence-electron chi connectivity index (χ3n) is 1.19. The van der Waals surface area contributed by atoms with Crippen molar-refractivity contribution in [2.24, 2.45) is 0 Å². The average Bonchev–Trinajstić information content (AvgIpc) is 2.05. The summed E-state index contributed by atoms with van der Waals surface area (Å²) in [6.45, 7) is 7.32. The molecular formula is C9H20N2O. The molecule has 0 fully saturated rings. The first-order valence-electron chi connectivity index (χ1n) is 4.13. The van der Waals surface area contributed by atoms with Gasteiger partial charge in [0.2, 0.25) is 5.91 Å². The predicted octanol–water partition coefficient (Wildman–Crippen LogP) is 0.923. The molecule has 0 aromatic carbocycles. The Morgan fingerprint density at radius 2 is 2.00 bits per heavy atom. The van der Waals surface area contributed by atoms with Gasteiger partial charge in [-0.15, -0.1) is 0 Å². The minimum Gasteiger partial charge on any atom is -0.350 e. The van der Waals surface area contributed by atoms with Crippen molar-refractivity contribution in [2.75, 3.05) is 14.1 Å². The monoisotopic (exact) mass is 172 g/mol. The molecule has 0 saturated carbocycles. The van der Waals surface area contributed by atoms with Crippen LogP contribution in [0.25, 0.3) is 0 Å². The fourth-order valence-corrected chi connectivity index (χ4v) is 0.404. The van der Waals surface area contributed by atoms with E-state index in [4.69, 9.17) is 0 Å². The molecule has 0 aromatic heterocycles. The van der Waals surface area contributed by atoms with Gasteiger partial charge in [-0.2, -0.15) is 0 Å². The van der Waals surface area contributed by atoms with E-state index in [1.807, 2.05) is 27.9 Å². The molecular weight excluding hydrogens is 152 g/mol. The molecule has 3 nitrogen and oxygen atoms in total. The fraction of sp³-hybridized carbons (Fsp3) is 0.667. The van der Waals surface area contributed by atoms with Gasteiger partial charge in [0.25, 0.3) is 0 Å². The number of hydrogen-bond donors (Lipinski definition) is 2. The van der Waals surface area contributed by atoms with E-state index >= 15 is 0 Å². The van der Waals surface area contributed by atoms with E-state index in [1.165, 1.54) is 6.08 Å². The van der Waals surface area contributed by atoms with Crippen LogP contribution in [-0.2, 0) is 4.79 Å². The van der Waals surface area contributed by atoms with E-state index in [1.54, 1.807) is 0 Å². The summed E-state index contributed by atoms with van der Waals surface area (Å²) in [6.07, 6.45) is 2.24. The Morgan fingerprint density at radius 1 is 1.58 bits per heavy atom. The highest BCUT2D eigenvalue weighted by Gasteiger charge is 1.98. The van der Waals surface area contributed by atoms with E-state index in [-0.39, 0.29) is 11.9 Å². The van der Waals surface area contributed by atoms with Gasteiger partial charge in [-0.3, -0.25) is 4.79 Å². The summed E-state index contributed by atoms with van der Waals surface area (Å²) >= 11 is 0. The summed E-state index contributed by atoms with van der Waals surface area (Å²) in [4.78, 5) is 10.6. The van der Waals surface area contributed by atoms with E-state index < -0.39 is 0 Å². The molecule has 72 valence electrons. The highest BCUT2D eigenvalue weighted by molar-refractivity contribution is 5.86. The van der Waals surface area contributed by atoms with E-state index in [0.29, 0.717) is 0 Å². The van der Waals surface area contributed by atoms with Crippen LogP contribution in [0.2, 0.25) is 0 Å². The number of carbonyl (C=O) groups excluding carboxylic acids is 1. The average molecular weight is 172 g/mol. The van der Waals surface area contributed by atoms with Gasteiger partial charge in [0, 0.05) is 6.04 Å². The summed E-state index contributed by atoms with van der Waals surface area (Å²) in [5, 5.41) is 5.47. The van der Waals surface area contributed by atoms with Crippen LogP contribution >= 0.6 is 0 Å². The van der Waals surface area contributed by atoms with Crippen LogP contribution in [0.1, 0.15) is 20.3 Å². The first kappa shape index (κ1) is 13.7. The molecule has 0 aliphatic heterocycles. The zero-order valence-electron chi connectivity index (χ0n) is 8.48. The lowest BCUT2D eigenvalue weighted by Crippen LogP contribution is -2.30. The molecule has 1 amide bonds. The second-order valence-electron chi connectivity index (χ2n) is 2.52. The summed E-state index contributed by atoms with van der Waals surface area (Å²) in [6, 6.07) is 0.260. The molecule has 0 heterocycles. The Labute approximate surface area is 75.2 Å². The van der Waals surface area contributed by atoms with Crippen LogP contribution in [0.4, 0.5) is 0 Å². The third-order valence-corrected chi connectivity index (χ3v) is 1.19. The highest BCUT2D eigenvalue weighted by Crippen LogP contribution is 1.86. The first-order valence-corrected chi connectivity index (χ1v) is 4.13. The standard InChI is InChI=1S/C7H13NO.C2H7N/c1-4-6(3)8-7(9)5-2;1-3-2/h5-6H,2,4H2,1,3H3,(H,8,9);3H,1-2H3. The third kappa shape index (κ3) is 11.9. The Bertz CT molecular complexity index is 124. The van der Waals surface area contributed by atoms with Crippen molar-refractivity contribution in [3.8, 4) is 0 Å². The van der Waals surface area contributed by atoms with Crippen molar-refractivity contribution in [3.63, 3.8) is 0 Å². The molecule has 0 rings (SSSR count). The Balaban J connectivity index is 0. The van der Waals surface area contributed by atoms with Crippen molar-refractivity contribution in [1.82, 2.24) is 10.6 Å². The molecule has 0 radical (unpaired) electrons. The van der Waals surface area contributed by atoms with Crippen LogP contribution in [0.3, 0.4) is 0 Å². The maximum atomic E-state index is 10.6. The van der Waals surface area contributed by atoms with Gasteiger partial charge in [0.15, 0.2) is 0 Å². The molecule has 0 aliphatic carbocycles. The molecule has 0 aromatic rings. The lowest BCUT2D eigenvalue weighted by Gasteiger charge is -2.07. The van der Waals surface area contributed by atoms with Crippen molar-refractivity contribution in [2.45, 2.75) is 26.3 Å². The van der Waals surface area contributed by atoms with Gasteiger partial charge in [-0.05, 0) is 33.5 Å². The number of hydrogen-bond acceptors (Lipinski definition) is 2. The van der Waals surface area contributed by atoms with Crippen LogP contribution in [0.5, 0.6) is 0 Å². The van der Waals surface area contributed by atoms with Crippen LogP contribution in [0, 0.1) is 0 Å². The molecule has 1 unspecified atom stereocenters. The maximum Gasteiger partial charge on any atom is 0.243 e. The topological polar surface area (TPSA) is 41.1 Å². The number of amides is 1. The molecule has 0 spiro atoms. The number of carbonyl (C=O) groups is 1. The molecule has 3 heteroatoms. The normalized spacial score (nSPS) is 10.7. The fourth-order valence-electron chi connectivity index (χ4n) is 0.404. The Kier molecular flexibility index (Phi) is 11.6. The highest BCUT2D eigenvalue weighted by atomic mass is 16.1. The maximum absolute atomic E-state index is 10.6. The summed E-state index contributed by atoms with van der Waals surface area (Å²) in [5.41, 5.74) is 0. The Hall–Kier alpha value is -0.830. The van der Waals surface area contributed by atoms with Crippen molar-refractivity contribution < 1.29 is 4.79 Å². The van der Waals surface area contributed by atoms with Crippen LogP contribution < -0.4 is 10.6 Å². The second-order valence-corrected chi connectivity index (χ2v) is 2.52. The SMILES string of the molecule is C=CC(=O)NC(C)CC.CNC. The zero-order chi connectivity index (χ0) is 9.98. The zero-order valence-corrected chi connectivity index (χ0v) is 8.48. The van der Waals surface area contributed by atoms with Crippen LogP contribution in [0.15, 0.2) is 12.7 Å². The molecule has 0 bridgehead atoms. The van der Waals surface area contributed by atoms with E-state index in [9.17, 15) is 4.79 Å². The molecule has 0 saturated heterocycles. The molecule has 1 atom stereocenters.